The minimum Gasteiger partial charge on any atom is -0.496 e. The van der Waals surface area contributed by atoms with Crippen molar-refractivity contribution in [3.63, 3.8) is 0 Å². The van der Waals surface area contributed by atoms with Gasteiger partial charge in [0.1, 0.15) is 11.3 Å². The third-order valence-electron chi connectivity index (χ3n) is 2.90. The van der Waals surface area contributed by atoms with E-state index in [9.17, 15) is 9.90 Å². The van der Waals surface area contributed by atoms with Crippen LogP contribution in [0.15, 0.2) is 42.5 Å². The van der Waals surface area contributed by atoms with Gasteiger partial charge >= 0.3 is 5.97 Å². The van der Waals surface area contributed by atoms with E-state index in [2.05, 4.69) is 0 Å². The molecule has 0 aromatic heterocycles. The number of rotatable bonds is 3. The van der Waals surface area contributed by atoms with Crippen LogP contribution in [0.3, 0.4) is 0 Å². The van der Waals surface area contributed by atoms with E-state index >= 15 is 0 Å². The van der Waals surface area contributed by atoms with E-state index in [1.54, 1.807) is 18.2 Å². The molecule has 18 heavy (non-hydrogen) atoms. The van der Waals surface area contributed by atoms with Crippen molar-refractivity contribution >= 4 is 5.97 Å². The smallest absolute Gasteiger partial charge is 0.340 e. The van der Waals surface area contributed by atoms with Crippen LogP contribution < -0.4 is 4.74 Å². The number of carboxylic acid groups (broad SMARTS) is 1. The Morgan fingerprint density at radius 2 is 1.72 bits per heavy atom. The monoisotopic (exact) mass is 242 g/mol. The molecule has 3 nitrogen and oxygen atoms in total. The summed E-state index contributed by atoms with van der Waals surface area (Å²) in [7, 11) is 1.48. The first-order chi connectivity index (χ1) is 8.65. The molecule has 0 saturated carbocycles. The van der Waals surface area contributed by atoms with Crippen LogP contribution in [0, 0.1) is 6.92 Å². The molecule has 0 amide bonds. The van der Waals surface area contributed by atoms with E-state index in [1.165, 1.54) is 7.11 Å². The molecule has 0 saturated heterocycles. The van der Waals surface area contributed by atoms with Crippen LogP contribution in [0.1, 0.15) is 15.9 Å². The molecule has 0 spiro atoms. The molecule has 0 aliphatic heterocycles. The molecule has 2 rings (SSSR count). The van der Waals surface area contributed by atoms with Crippen molar-refractivity contribution in [2.45, 2.75) is 6.92 Å². The fraction of sp³-hybridized carbons (Fsp3) is 0.133. The molecule has 2 aromatic rings. The molecule has 0 fully saturated rings. The minimum absolute atomic E-state index is 0.203. The van der Waals surface area contributed by atoms with Crippen LogP contribution in [0.5, 0.6) is 5.75 Å². The predicted molar refractivity (Wildman–Crippen MR) is 70.1 cm³/mol. The number of ether oxygens (including phenoxy) is 1. The molecule has 92 valence electrons. The second kappa shape index (κ2) is 4.92. The highest BCUT2D eigenvalue weighted by Crippen LogP contribution is 2.32. The lowest BCUT2D eigenvalue weighted by Crippen LogP contribution is -2.03. The van der Waals surface area contributed by atoms with Gasteiger partial charge in [-0.1, -0.05) is 36.4 Å². The lowest BCUT2D eigenvalue weighted by atomic mass is 9.95. The molecule has 0 bridgehead atoms. The summed E-state index contributed by atoms with van der Waals surface area (Å²) < 4.78 is 5.13. The quantitative estimate of drug-likeness (QED) is 0.897. The van der Waals surface area contributed by atoms with Gasteiger partial charge in [0.2, 0.25) is 0 Å². The summed E-state index contributed by atoms with van der Waals surface area (Å²) in [5, 5.41) is 9.35. The molecular formula is C15H14O3. The average Bonchev–Trinajstić information content (AvgIpc) is 2.38. The summed E-state index contributed by atoms with van der Waals surface area (Å²) in [6.45, 7) is 1.96. The molecule has 0 radical (unpaired) electrons. The standard InChI is InChI=1S/C15H14O3/c1-10-6-3-4-7-11(10)12-8-5-9-13(18-2)14(12)15(16)17/h3-9H,1-2H3,(H,16,17). The molecular weight excluding hydrogens is 228 g/mol. The van der Waals surface area contributed by atoms with Crippen molar-refractivity contribution in [3.8, 4) is 16.9 Å². The average molecular weight is 242 g/mol. The highest BCUT2D eigenvalue weighted by atomic mass is 16.5. The van der Waals surface area contributed by atoms with E-state index in [0.29, 0.717) is 11.3 Å². The number of hydrogen-bond donors (Lipinski definition) is 1. The van der Waals surface area contributed by atoms with Gasteiger partial charge in [-0.2, -0.15) is 0 Å². The summed E-state index contributed by atoms with van der Waals surface area (Å²) in [4.78, 5) is 11.4. The summed E-state index contributed by atoms with van der Waals surface area (Å²) in [6.07, 6.45) is 0. The molecule has 1 N–H and O–H groups in total. The van der Waals surface area contributed by atoms with Crippen molar-refractivity contribution in [2.75, 3.05) is 7.11 Å². The number of hydrogen-bond acceptors (Lipinski definition) is 2. The zero-order valence-corrected chi connectivity index (χ0v) is 10.3. The number of methoxy groups -OCH3 is 1. The van der Waals surface area contributed by atoms with Crippen molar-refractivity contribution in [1.82, 2.24) is 0 Å². The van der Waals surface area contributed by atoms with Crippen LogP contribution in [0.25, 0.3) is 11.1 Å². The van der Waals surface area contributed by atoms with Gasteiger partial charge in [-0.05, 0) is 24.1 Å². The second-order valence-electron chi connectivity index (χ2n) is 4.00. The Labute approximate surface area is 106 Å². The largest absolute Gasteiger partial charge is 0.496 e. The molecule has 0 atom stereocenters. The van der Waals surface area contributed by atoms with E-state index < -0.39 is 5.97 Å². The predicted octanol–water partition coefficient (Wildman–Crippen LogP) is 3.37. The van der Waals surface area contributed by atoms with Crippen molar-refractivity contribution in [3.05, 3.63) is 53.6 Å². The molecule has 0 heterocycles. The molecule has 2 aromatic carbocycles. The Kier molecular flexibility index (Phi) is 3.33. The SMILES string of the molecule is COc1cccc(-c2ccccc2C)c1C(=O)O. The summed E-state index contributed by atoms with van der Waals surface area (Å²) in [6, 6.07) is 13.0. The number of aryl methyl sites for hydroxylation is 1. The fourth-order valence-electron chi connectivity index (χ4n) is 2.02. The van der Waals surface area contributed by atoms with E-state index in [-0.39, 0.29) is 5.56 Å². The number of carboxylic acids is 1. The lowest BCUT2D eigenvalue weighted by molar-refractivity contribution is 0.0694. The maximum absolute atomic E-state index is 11.4. The van der Waals surface area contributed by atoms with Gasteiger partial charge in [-0.15, -0.1) is 0 Å². The van der Waals surface area contributed by atoms with Gasteiger partial charge in [0.05, 0.1) is 7.11 Å². The Morgan fingerprint density at radius 1 is 1.06 bits per heavy atom. The maximum atomic E-state index is 11.4. The summed E-state index contributed by atoms with van der Waals surface area (Å²) >= 11 is 0. The summed E-state index contributed by atoms with van der Waals surface area (Å²) in [5.41, 5.74) is 2.83. The van der Waals surface area contributed by atoms with Crippen LogP contribution in [0.4, 0.5) is 0 Å². The fourth-order valence-corrected chi connectivity index (χ4v) is 2.02. The topological polar surface area (TPSA) is 46.5 Å². The second-order valence-corrected chi connectivity index (χ2v) is 4.00. The number of aromatic carboxylic acids is 1. The molecule has 0 aliphatic rings. The third kappa shape index (κ3) is 2.07. The Morgan fingerprint density at radius 3 is 2.33 bits per heavy atom. The normalized spacial score (nSPS) is 10.1. The number of carbonyl (C=O) groups is 1. The van der Waals surface area contributed by atoms with Gasteiger partial charge in [0.25, 0.3) is 0 Å². The van der Waals surface area contributed by atoms with Crippen LogP contribution in [-0.2, 0) is 0 Å². The van der Waals surface area contributed by atoms with Gasteiger partial charge in [0.15, 0.2) is 0 Å². The zero-order chi connectivity index (χ0) is 13.1. The highest BCUT2D eigenvalue weighted by molar-refractivity contribution is 5.99. The lowest BCUT2D eigenvalue weighted by Gasteiger charge is -2.12. The molecule has 0 aliphatic carbocycles. The van der Waals surface area contributed by atoms with Crippen molar-refractivity contribution in [1.29, 1.82) is 0 Å². The van der Waals surface area contributed by atoms with Gasteiger partial charge < -0.3 is 9.84 Å². The Bertz CT molecular complexity index is 588. The Balaban J connectivity index is 2.72. The van der Waals surface area contributed by atoms with Gasteiger partial charge in [0, 0.05) is 5.56 Å². The Hall–Kier alpha value is -2.29. The third-order valence-corrected chi connectivity index (χ3v) is 2.90. The van der Waals surface area contributed by atoms with E-state index in [4.69, 9.17) is 4.74 Å². The van der Waals surface area contributed by atoms with Gasteiger partial charge in [-0.25, -0.2) is 4.79 Å². The van der Waals surface area contributed by atoms with Crippen LogP contribution in [-0.4, -0.2) is 18.2 Å². The van der Waals surface area contributed by atoms with E-state index in [1.807, 2.05) is 31.2 Å². The molecule has 3 heteroatoms. The van der Waals surface area contributed by atoms with Crippen LogP contribution >= 0.6 is 0 Å². The first kappa shape index (κ1) is 12.2. The van der Waals surface area contributed by atoms with Gasteiger partial charge in [-0.3, -0.25) is 0 Å². The van der Waals surface area contributed by atoms with Crippen molar-refractivity contribution in [2.24, 2.45) is 0 Å². The number of benzene rings is 2. The highest BCUT2D eigenvalue weighted by Gasteiger charge is 2.17. The van der Waals surface area contributed by atoms with E-state index in [0.717, 1.165) is 11.1 Å². The summed E-state index contributed by atoms with van der Waals surface area (Å²) in [5.74, 6) is -0.603. The van der Waals surface area contributed by atoms with Crippen molar-refractivity contribution < 1.29 is 14.6 Å². The minimum atomic E-state index is -0.981. The zero-order valence-electron chi connectivity index (χ0n) is 10.3. The first-order valence-corrected chi connectivity index (χ1v) is 5.61. The molecule has 0 unspecified atom stereocenters. The first-order valence-electron chi connectivity index (χ1n) is 5.61. The van der Waals surface area contributed by atoms with Crippen LogP contribution in [0.2, 0.25) is 0 Å². The maximum Gasteiger partial charge on any atom is 0.340 e.